The van der Waals surface area contributed by atoms with Gasteiger partial charge < -0.3 is 19.8 Å². The molecule has 0 bridgehead atoms. The van der Waals surface area contributed by atoms with Gasteiger partial charge in [0.2, 0.25) is 0 Å². The molecule has 3 aliphatic rings. The van der Waals surface area contributed by atoms with Gasteiger partial charge in [0.05, 0.1) is 28.6 Å². The van der Waals surface area contributed by atoms with Gasteiger partial charge in [-0.05, 0) is 42.7 Å². The number of hydrogen-bond donors (Lipinski definition) is 1. The number of amides is 1. The second-order valence-electron chi connectivity index (χ2n) is 9.37. The third kappa shape index (κ3) is 4.26. The number of amidine groups is 1. The number of pyridine rings is 1. The lowest BCUT2D eigenvalue weighted by Gasteiger charge is -2.30. The third-order valence-corrected chi connectivity index (χ3v) is 7.21. The van der Waals surface area contributed by atoms with Gasteiger partial charge in [-0.3, -0.25) is 9.78 Å². The van der Waals surface area contributed by atoms with Crippen LogP contribution in [0.15, 0.2) is 29.6 Å². The summed E-state index contributed by atoms with van der Waals surface area (Å²) >= 11 is 11.5. The maximum Gasteiger partial charge on any atom is 0.435 e. The molecule has 7 nitrogen and oxygen atoms in total. The highest BCUT2D eigenvalue weighted by Gasteiger charge is 2.63. The second-order valence-corrected chi connectivity index (χ2v) is 10.2. The lowest BCUT2D eigenvalue weighted by Crippen LogP contribution is -2.46. The molecule has 2 aromatic rings. The first kappa shape index (κ1) is 25.0. The van der Waals surface area contributed by atoms with Gasteiger partial charge in [-0.25, -0.2) is 4.39 Å². The number of fused-ring (bicyclic) bond motifs is 1. The number of carbonyl (C=O) groups excluding carboxylic acids is 1. The number of halogens is 6. The normalized spacial score (nSPS) is 25.5. The van der Waals surface area contributed by atoms with Crippen LogP contribution in [-0.2, 0) is 28.3 Å². The monoisotopic (exact) mass is 546 g/mol. The Bertz CT molecular complexity index is 1240. The van der Waals surface area contributed by atoms with Gasteiger partial charge in [-0.15, -0.1) is 0 Å². The summed E-state index contributed by atoms with van der Waals surface area (Å²) in [6.45, 7) is 3.29. The first-order chi connectivity index (χ1) is 16.9. The fraction of sp³-hybridized carbons (Fsp3) is 0.435. The minimum absolute atomic E-state index is 0.0433. The van der Waals surface area contributed by atoms with Crippen molar-refractivity contribution in [3.8, 4) is 0 Å². The SMILES string of the molecule is CC1(NC(=O)c2cc3c(cn2)CN(C2=NOC(c4cc(Cl)c(F)c(Cl)c4)(C(F)(F)F)C2)C3)CCOC1. The Balaban J connectivity index is 1.35. The van der Waals surface area contributed by atoms with Crippen LogP contribution < -0.4 is 5.32 Å². The summed E-state index contributed by atoms with van der Waals surface area (Å²) in [5, 5.41) is 5.57. The lowest BCUT2D eigenvalue weighted by molar-refractivity contribution is -0.275. The van der Waals surface area contributed by atoms with E-state index in [0.29, 0.717) is 19.6 Å². The summed E-state index contributed by atoms with van der Waals surface area (Å²) in [7, 11) is 0. The molecule has 36 heavy (non-hydrogen) atoms. The number of oxime groups is 1. The number of ether oxygens (including phenoxy) is 1. The molecule has 5 rings (SSSR count). The zero-order valence-electron chi connectivity index (χ0n) is 18.9. The van der Waals surface area contributed by atoms with Crippen molar-refractivity contribution in [2.24, 2.45) is 5.16 Å². The molecule has 1 aromatic carbocycles. The van der Waals surface area contributed by atoms with Crippen LogP contribution in [0.3, 0.4) is 0 Å². The van der Waals surface area contributed by atoms with Gasteiger partial charge in [0.15, 0.2) is 5.82 Å². The number of nitrogens with one attached hydrogen (secondary N) is 1. The van der Waals surface area contributed by atoms with Crippen molar-refractivity contribution in [2.75, 3.05) is 13.2 Å². The zero-order valence-corrected chi connectivity index (χ0v) is 20.4. The van der Waals surface area contributed by atoms with Crippen molar-refractivity contribution in [1.82, 2.24) is 15.2 Å². The first-order valence-corrected chi connectivity index (χ1v) is 11.8. The number of alkyl halides is 3. The smallest absolute Gasteiger partial charge is 0.379 e. The molecule has 4 heterocycles. The predicted octanol–water partition coefficient (Wildman–Crippen LogP) is 4.94. The number of nitrogens with zero attached hydrogens (tertiary/aromatic N) is 3. The van der Waals surface area contributed by atoms with Gasteiger partial charge in [-0.1, -0.05) is 28.4 Å². The summed E-state index contributed by atoms with van der Waals surface area (Å²) in [6, 6.07) is 3.31. The number of rotatable bonds is 3. The highest BCUT2D eigenvalue weighted by molar-refractivity contribution is 6.35. The van der Waals surface area contributed by atoms with E-state index in [1.165, 1.54) is 6.20 Å². The Kier molecular flexibility index (Phi) is 6.08. The topological polar surface area (TPSA) is 76.1 Å². The Labute approximate surface area is 213 Å². The second kappa shape index (κ2) is 8.74. The maximum atomic E-state index is 14.3. The van der Waals surface area contributed by atoms with Crippen LogP contribution in [0.25, 0.3) is 0 Å². The van der Waals surface area contributed by atoms with E-state index in [0.717, 1.165) is 23.3 Å². The number of hydrogen-bond acceptors (Lipinski definition) is 6. The molecule has 0 saturated carbocycles. The molecule has 0 radical (unpaired) electrons. The molecule has 1 fully saturated rings. The maximum absolute atomic E-state index is 14.3. The van der Waals surface area contributed by atoms with E-state index < -0.39 is 45.2 Å². The van der Waals surface area contributed by atoms with Crippen LogP contribution >= 0.6 is 23.2 Å². The number of benzene rings is 1. The average molecular weight is 547 g/mol. The number of carbonyl (C=O) groups is 1. The fourth-order valence-corrected chi connectivity index (χ4v) is 5.03. The molecule has 3 aliphatic heterocycles. The Hall–Kier alpha value is -2.63. The van der Waals surface area contributed by atoms with Crippen LogP contribution in [-0.4, -0.2) is 46.6 Å². The molecular formula is C23H20Cl2F4N4O3. The minimum atomic E-state index is -4.90. The molecule has 13 heteroatoms. The van der Waals surface area contributed by atoms with E-state index in [9.17, 15) is 22.4 Å². The lowest BCUT2D eigenvalue weighted by atomic mass is 9.89. The highest BCUT2D eigenvalue weighted by Crippen LogP contribution is 2.50. The Morgan fingerprint density at radius 2 is 1.86 bits per heavy atom. The van der Waals surface area contributed by atoms with Crippen molar-refractivity contribution < 1.29 is 31.9 Å². The van der Waals surface area contributed by atoms with Crippen molar-refractivity contribution >= 4 is 34.9 Å². The highest BCUT2D eigenvalue weighted by atomic mass is 35.5. The van der Waals surface area contributed by atoms with Crippen LogP contribution in [0.2, 0.25) is 10.0 Å². The average Bonchev–Trinajstić information content (AvgIpc) is 3.54. The summed E-state index contributed by atoms with van der Waals surface area (Å²) in [4.78, 5) is 23.6. The van der Waals surface area contributed by atoms with Gasteiger partial charge in [-0.2, -0.15) is 13.2 Å². The van der Waals surface area contributed by atoms with E-state index >= 15 is 0 Å². The van der Waals surface area contributed by atoms with E-state index in [-0.39, 0.29) is 30.5 Å². The zero-order chi connectivity index (χ0) is 25.9. The summed E-state index contributed by atoms with van der Waals surface area (Å²) in [6.07, 6.45) is -3.35. The van der Waals surface area contributed by atoms with Crippen LogP contribution in [0.4, 0.5) is 17.6 Å². The van der Waals surface area contributed by atoms with E-state index in [1.54, 1.807) is 11.0 Å². The Morgan fingerprint density at radius 1 is 1.17 bits per heavy atom. The molecule has 1 aromatic heterocycles. The van der Waals surface area contributed by atoms with Gasteiger partial charge in [0, 0.05) is 31.5 Å². The molecular weight excluding hydrogens is 527 g/mol. The van der Waals surface area contributed by atoms with E-state index in [4.69, 9.17) is 32.8 Å². The third-order valence-electron chi connectivity index (χ3n) is 6.66. The summed E-state index contributed by atoms with van der Waals surface area (Å²) in [5.74, 6) is -1.33. The largest absolute Gasteiger partial charge is 0.435 e. The summed E-state index contributed by atoms with van der Waals surface area (Å²) in [5.41, 5.74) is -2.11. The molecule has 2 atom stereocenters. The van der Waals surface area contributed by atoms with E-state index in [2.05, 4.69) is 15.5 Å². The van der Waals surface area contributed by atoms with Crippen LogP contribution in [0.5, 0.6) is 0 Å². The first-order valence-electron chi connectivity index (χ1n) is 11.0. The minimum Gasteiger partial charge on any atom is -0.379 e. The predicted molar refractivity (Wildman–Crippen MR) is 122 cm³/mol. The molecule has 0 aliphatic carbocycles. The Morgan fingerprint density at radius 3 is 2.50 bits per heavy atom. The van der Waals surface area contributed by atoms with Crippen molar-refractivity contribution in [2.45, 2.75) is 50.2 Å². The fourth-order valence-electron chi connectivity index (χ4n) is 4.54. The number of aromatic nitrogens is 1. The molecule has 192 valence electrons. The van der Waals surface area contributed by atoms with Crippen molar-refractivity contribution in [3.63, 3.8) is 0 Å². The quantitative estimate of drug-likeness (QED) is 0.435. The standard InChI is InChI=1S/C23H20Cl2F4N4O3/c1-21(2-3-35-11-21)31-20(34)17-4-12-9-33(10-13(12)8-30-17)18-7-22(36-32-18,23(27,28)29)14-5-15(24)19(26)16(25)6-14/h4-6,8H,2-3,7,9-11H2,1H3,(H,31,34). The van der Waals surface area contributed by atoms with Crippen molar-refractivity contribution in [3.05, 3.63) is 62.6 Å². The molecule has 1 saturated heterocycles. The van der Waals surface area contributed by atoms with Crippen LogP contribution in [0, 0.1) is 5.82 Å². The van der Waals surface area contributed by atoms with Gasteiger partial charge in [0.1, 0.15) is 11.5 Å². The summed E-state index contributed by atoms with van der Waals surface area (Å²) < 4.78 is 62.0. The van der Waals surface area contributed by atoms with Crippen molar-refractivity contribution in [1.29, 1.82) is 0 Å². The molecule has 0 spiro atoms. The van der Waals surface area contributed by atoms with Crippen LogP contribution in [0.1, 0.15) is 46.9 Å². The molecule has 1 amide bonds. The van der Waals surface area contributed by atoms with Gasteiger partial charge in [0.25, 0.3) is 11.5 Å². The molecule has 1 N–H and O–H groups in total. The molecule has 2 unspecified atom stereocenters. The van der Waals surface area contributed by atoms with Gasteiger partial charge >= 0.3 is 6.18 Å². The van der Waals surface area contributed by atoms with E-state index in [1.807, 2.05) is 6.92 Å².